The molecule has 0 aliphatic carbocycles. The lowest BCUT2D eigenvalue weighted by Gasteiger charge is -2.32. The van der Waals surface area contributed by atoms with Gasteiger partial charge in [0.15, 0.2) is 6.29 Å². The van der Waals surface area contributed by atoms with Crippen molar-refractivity contribution in [1.82, 2.24) is 0 Å². The van der Waals surface area contributed by atoms with Crippen molar-refractivity contribution in [2.75, 3.05) is 6.61 Å². The third-order valence-electron chi connectivity index (χ3n) is 2.91. The Labute approximate surface area is 91.2 Å². The van der Waals surface area contributed by atoms with E-state index >= 15 is 0 Å². The Morgan fingerprint density at radius 3 is 2.67 bits per heavy atom. The molecule has 1 aliphatic rings. The lowest BCUT2D eigenvalue weighted by Crippen LogP contribution is -2.34. The van der Waals surface area contributed by atoms with Crippen LogP contribution in [0.5, 0.6) is 0 Å². The fourth-order valence-electron chi connectivity index (χ4n) is 1.86. The Balaban J connectivity index is 2.04. The Morgan fingerprint density at radius 1 is 1.27 bits per heavy atom. The van der Waals surface area contributed by atoms with Crippen LogP contribution in [0.3, 0.4) is 0 Å². The van der Waals surface area contributed by atoms with E-state index in [0.717, 1.165) is 13.0 Å². The van der Waals surface area contributed by atoms with Crippen molar-refractivity contribution in [2.24, 2.45) is 0 Å². The third-order valence-corrected chi connectivity index (χ3v) is 2.91. The van der Waals surface area contributed by atoms with Gasteiger partial charge in [-0.1, -0.05) is 37.3 Å². The number of hydrogen-bond acceptors (Lipinski definition) is 2. The zero-order valence-corrected chi connectivity index (χ0v) is 9.35. The lowest BCUT2D eigenvalue weighted by atomic mass is 10.0. The maximum Gasteiger partial charge on any atom is 0.164 e. The van der Waals surface area contributed by atoms with Gasteiger partial charge in [-0.05, 0) is 18.9 Å². The number of ether oxygens (including phenoxy) is 2. The largest absolute Gasteiger partial charge is 0.352 e. The van der Waals surface area contributed by atoms with Gasteiger partial charge in [-0.3, -0.25) is 0 Å². The van der Waals surface area contributed by atoms with Crippen LogP contribution in [0.25, 0.3) is 0 Å². The molecule has 0 spiro atoms. The zero-order chi connectivity index (χ0) is 10.7. The SMILES string of the molecule is C[C@H]1CCO[C@@H]([C@@H](C)c2ccccc2)O1. The first-order valence-corrected chi connectivity index (χ1v) is 5.59. The van der Waals surface area contributed by atoms with Crippen LogP contribution in [0.2, 0.25) is 0 Å². The molecule has 0 N–H and O–H groups in total. The molecule has 1 aliphatic heterocycles. The number of benzene rings is 1. The van der Waals surface area contributed by atoms with Gasteiger partial charge in [0.1, 0.15) is 0 Å². The summed E-state index contributed by atoms with van der Waals surface area (Å²) in [6, 6.07) is 10.4. The van der Waals surface area contributed by atoms with Gasteiger partial charge < -0.3 is 9.47 Å². The monoisotopic (exact) mass is 206 g/mol. The average Bonchev–Trinajstić information content (AvgIpc) is 2.29. The molecular weight excluding hydrogens is 188 g/mol. The first-order chi connectivity index (χ1) is 7.27. The Kier molecular flexibility index (Phi) is 3.39. The molecule has 2 nitrogen and oxygen atoms in total. The average molecular weight is 206 g/mol. The zero-order valence-electron chi connectivity index (χ0n) is 9.35. The first-order valence-electron chi connectivity index (χ1n) is 5.59. The molecule has 0 amide bonds. The Morgan fingerprint density at radius 2 is 2.00 bits per heavy atom. The fraction of sp³-hybridized carbons (Fsp3) is 0.538. The van der Waals surface area contributed by atoms with E-state index in [-0.39, 0.29) is 6.29 Å². The summed E-state index contributed by atoms with van der Waals surface area (Å²) in [5.74, 6) is 0.300. The van der Waals surface area contributed by atoms with Gasteiger partial charge in [0.2, 0.25) is 0 Å². The topological polar surface area (TPSA) is 18.5 Å². The van der Waals surface area contributed by atoms with Gasteiger partial charge in [0.05, 0.1) is 12.7 Å². The molecule has 0 saturated carbocycles. The molecule has 3 atom stereocenters. The fourth-order valence-corrected chi connectivity index (χ4v) is 1.86. The molecule has 0 radical (unpaired) electrons. The predicted molar refractivity (Wildman–Crippen MR) is 59.8 cm³/mol. The molecule has 82 valence electrons. The summed E-state index contributed by atoms with van der Waals surface area (Å²) >= 11 is 0. The van der Waals surface area contributed by atoms with Crippen molar-refractivity contribution >= 4 is 0 Å². The van der Waals surface area contributed by atoms with Gasteiger partial charge in [-0.15, -0.1) is 0 Å². The molecule has 1 saturated heterocycles. The minimum atomic E-state index is -0.0869. The van der Waals surface area contributed by atoms with E-state index in [9.17, 15) is 0 Å². The lowest BCUT2D eigenvalue weighted by molar-refractivity contribution is -0.216. The number of hydrogen-bond donors (Lipinski definition) is 0. The van der Waals surface area contributed by atoms with E-state index in [1.54, 1.807) is 0 Å². The maximum absolute atomic E-state index is 5.78. The van der Waals surface area contributed by atoms with Crippen LogP contribution in [-0.4, -0.2) is 19.0 Å². The molecule has 0 bridgehead atoms. The Bertz CT molecular complexity index is 297. The standard InChI is InChI=1S/C13H18O2/c1-10-8-9-14-13(15-10)11(2)12-6-4-3-5-7-12/h3-7,10-11,13H,8-9H2,1-2H3/t10-,11-,13+/m0/s1. The van der Waals surface area contributed by atoms with Crippen molar-refractivity contribution in [3.05, 3.63) is 35.9 Å². The summed E-state index contributed by atoms with van der Waals surface area (Å²) in [4.78, 5) is 0. The normalized spacial score (nSPS) is 28.7. The minimum Gasteiger partial charge on any atom is -0.352 e. The van der Waals surface area contributed by atoms with Gasteiger partial charge >= 0.3 is 0 Å². The molecule has 2 heteroatoms. The summed E-state index contributed by atoms with van der Waals surface area (Å²) in [7, 11) is 0. The first kappa shape index (κ1) is 10.7. The highest BCUT2D eigenvalue weighted by atomic mass is 16.7. The van der Waals surface area contributed by atoms with E-state index < -0.39 is 0 Å². The van der Waals surface area contributed by atoms with E-state index in [4.69, 9.17) is 9.47 Å². The van der Waals surface area contributed by atoms with Crippen LogP contribution in [-0.2, 0) is 9.47 Å². The second kappa shape index (κ2) is 4.77. The van der Waals surface area contributed by atoms with Gasteiger partial charge in [0, 0.05) is 5.92 Å². The maximum atomic E-state index is 5.78. The number of rotatable bonds is 2. The van der Waals surface area contributed by atoms with Crippen LogP contribution >= 0.6 is 0 Å². The van der Waals surface area contributed by atoms with Gasteiger partial charge in [-0.2, -0.15) is 0 Å². The van der Waals surface area contributed by atoms with E-state index in [1.165, 1.54) is 5.56 Å². The molecule has 0 unspecified atom stereocenters. The molecule has 15 heavy (non-hydrogen) atoms. The van der Waals surface area contributed by atoms with Crippen LogP contribution in [0.1, 0.15) is 31.7 Å². The van der Waals surface area contributed by atoms with Crippen LogP contribution in [0.4, 0.5) is 0 Å². The summed E-state index contributed by atoms with van der Waals surface area (Å²) < 4.78 is 11.4. The van der Waals surface area contributed by atoms with Crippen molar-refractivity contribution in [3.63, 3.8) is 0 Å². The Hall–Kier alpha value is -0.860. The summed E-state index contributed by atoms with van der Waals surface area (Å²) in [6.07, 6.45) is 1.23. The summed E-state index contributed by atoms with van der Waals surface area (Å²) in [5.41, 5.74) is 1.27. The molecule has 2 rings (SSSR count). The predicted octanol–water partition coefficient (Wildman–Crippen LogP) is 2.94. The molecule has 1 aromatic rings. The molecule has 1 heterocycles. The second-order valence-electron chi connectivity index (χ2n) is 4.17. The molecular formula is C13H18O2. The van der Waals surface area contributed by atoms with Gasteiger partial charge in [-0.25, -0.2) is 0 Å². The highest BCUT2D eigenvalue weighted by Crippen LogP contribution is 2.26. The van der Waals surface area contributed by atoms with E-state index in [2.05, 4.69) is 38.1 Å². The van der Waals surface area contributed by atoms with Crippen LogP contribution in [0.15, 0.2) is 30.3 Å². The molecule has 1 aromatic carbocycles. The van der Waals surface area contributed by atoms with Crippen LogP contribution in [0, 0.1) is 0 Å². The molecule has 0 aromatic heterocycles. The molecule has 1 fully saturated rings. The van der Waals surface area contributed by atoms with Crippen molar-refractivity contribution in [3.8, 4) is 0 Å². The third kappa shape index (κ3) is 2.58. The second-order valence-corrected chi connectivity index (χ2v) is 4.17. The minimum absolute atomic E-state index is 0.0869. The quantitative estimate of drug-likeness (QED) is 0.740. The highest BCUT2D eigenvalue weighted by molar-refractivity contribution is 5.19. The van der Waals surface area contributed by atoms with Crippen LogP contribution < -0.4 is 0 Å². The van der Waals surface area contributed by atoms with Gasteiger partial charge in [0.25, 0.3) is 0 Å². The van der Waals surface area contributed by atoms with Crippen molar-refractivity contribution < 1.29 is 9.47 Å². The van der Waals surface area contributed by atoms with E-state index in [1.807, 2.05) is 6.07 Å². The van der Waals surface area contributed by atoms with Crippen molar-refractivity contribution in [2.45, 2.75) is 38.6 Å². The summed E-state index contributed by atoms with van der Waals surface area (Å²) in [6.45, 7) is 5.06. The van der Waals surface area contributed by atoms with Crippen molar-refractivity contribution in [1.29, 1.82) is 0 Å². The van der Waals surface area contributed by atoms with E-state index in [0.29, 0.717) is 12.0 Å². The smallest absolute Gasteiger partial charge is 0.164 e. The summed E-state index contributed by atoms with van der Waals surface area (Å²) in [5, 5.41) is 0. The highest BCUT2D eigenvalue weighted by Gasteiger charge is 2.25.